The molecule has 0 spiro atoms. The maximum absolute atomic E-state index is 11.8. The van der Waals surface area contributed by atoms with Crippen molar-refractivity contribution >= 4 is 24.2 Å². The summed E-state index contributed by atoms with van der Waals surface area (Å²) in [5, 5.41) is 5.47. The molecule has 0 radical (unpaired) electrons. The van der Waals surface area contributed by atoms with E-state index in [2.05, 4.69) is 10.6 Å². The van der Waals surface area contributed by atoms with Crippen LogP contribution in [0.25, 0.3) is 0 Å². The SMILES string of the molecule is Cc1ccc(C(=O)NCCNC(=O)C2(N)CC2)cc1.Cl. The van der Waals surface area contributed by atoms with Gasteiger partial charge in [-0.3, -0.25) is 9.59 Å². The van der Waals surface area contributed by atoms with Gasteiger partial charge in [-0.15, -0.1) is 12.4 Å². The molecule has 4 N–H and O–H groups in total. The van der Waals surface area contributed by atoms with Gasteiger partial charge < -0.3 is 16.4 Å². The molecule has 0 atom stereocenters. The molecular formula is C14H20ClN3O2. The smallest absolute Gasteiger partial charge is 0.251 e. The molecule has 0 aliphatic heterocycles. The summed E-state index contributed by atoms with van der Waals surface area (Å²) < 4.78 is 0. The lowest BCUT2D eigenvalue weighted by molar-refractivity contribution is -0.123. The Morgan fingerprint density at radius 1 is 1.15 bits per heavy atom. The Kier molecular flexibility index (Phi) is 5.53. The number of benzene rings is 1. The van der Waals surface area contributed by atoms with Gasteiger partial charge in [-0.25, -0.2) is 0 Å². The van der Waals surface area contributed by atoms with E-state index in [9.17, 15) is 9.59 Å². The summed E-state index contributed by atoms with van der Waals surface area (Å²) >= 11 is 0. The van der Waals surface area contributed by atoms with Gasteiger partial charge in [0.1, 0.15) is 0 Å². The number of hydrogen-bond donors (Lipinski definition) is 3. The number of aryl methyl sites for hydroxylation is 1. The number of halogens is 1. The Morgan fingerprint density at radius 3 is 2.25 bits per heavy atom. The number of rotatable bonds is 5. The van der Waals surface area contributed by atoms with Crippen LogP contribution in [0, 0.1) is 6.92 Å². The summed E-state index contributed by atoms with van der Waals surface area (Å²) in [7, 11) is 0. The summed E-state index contributed by atoms with van der Waals surface area (Å²) in [6.07, 6.45) is 1.49. The molecule has 6 heteroatoms. The van der Waals surface area contributed by atoms with E-state index < -0.39 is 5.54 Å². The van der Waals surface area contributed by atoms with Crippen molar-refractivity contribution in [1.82, 2.24) is 10.6 Å². The fraction of sp³-hybridized carbons (Fsp3) is 0.429. The highest BCUT2D eigenvalue weighted by molar-refractivity contribution is 5.94. The van der Waals surface area contributed by atoms with Gasteiger partial charge in [-0.2, -0.15) is 0 Å². The third-order valence-corrected chi connectivity index (χ3v) is 3.25. The molecule has 5 nitrogen and oxygen atoms in total. The molecule has 0 bridgehead atoms. The quantitative estimate of drug-likeness (QED) is 0.701. The van der Waals surface area contributed by atoms with Crippen LogP contribution in [0.5, 0.6) is 0 Å². The third kappa shape index (κ3) is 4.21. The van der Waals surface area contributed by atoms with Crippen LogP contribution in [0.3, 0.4) is 0 Å². The van der Waals surface area contributed by atoms with Crippen molar-refractivity contribution in [3.05, 3.63) is 35.4 Å². The largest absolute Gasteiger partial charge is 0.353 e. The number of carbonyl (C=O) groups excluding carboxylic acids is 2. The van der Waals surface area contributed by atoms with Gasteiger partial charge >= 0.3 is 0 Å². The second-order valence-electron chi connectivity index (χ2n) is 5.03. The summed E-state index contributed by atoms with van der Waals surface area (Å²) in [6.45, 7) is 2.77. The first-order valence-corrected chi connectivity index (χ1v) is 6.43. The molecule has 0 aromatic heterocycles. The van der Waals surface area contributed by atoms with Crippen molar-refractivity contribution in [1.29, 1.82) is 0 Å². The molecule has 1 fully saturated rings. The highest BCUT2D eigenvalue weighted by Crippen LogP contribution is 2.31. The van der Waals surface area contributed by atoms with E-state index in [0.717, 1.165) is 18.4 Å². The van der Waals surface area contributed by atoms with Gasteiger partial charge in [0.15, 0.2) is 0 Å². The molecule has 1 aromatic carbocycles. The molecule has 1 aliphatic rings. The van der Waals surface area contributed by atoms with Crippen molar-refractivity contribution in [3.8, 4) is 0 Å². The van der Waals surface area contributed by atoms with Crippen LogP contribution in [-0.2, 0) is 4.79 Å². The van der Waals surface area contributed by atoms with Crippen molar-refractivity contribution in [2.45, 2.75) is 25.3 Å². The van der Waals surface area contributed by atoms with E-state index in [4.69, 9.17) is 5.73 Å². The molecule has 0 saturated heterocycles. The van der Waals surface area contributed by atoms with Crippen LogP contribution in [0.2, 0.25) is 0 Å². The predicted molar refractivity (Wildman–Crippen MR) is 79.9 cm³/mol. The fourth-order valence-corrected chi connectivity index (χ4v) is 1.70. The monoisotopic (exact) mass is 297 g/mol. The van der Waals surface area contributed by atoms with E-state index in [0.29, 0.717) is 18.7 Å². The Hall–Kier alpha value is -1.59. The van der Waals surface area contributed by atoms with Crippen LogP contribution in [-0.4, -0.2) is 30.4 Å². The topological polar surface area (TPSA) is 84.2 Å². The average Bonchev–Trinajstić information content (AvgIpc) is 3.14. The fourth-order valence-electron chi connectivity index (χ4n) is 1.70. The standard InChI is InChI=1S/C14H19N3O2.ClH/c1-10-2-4-11(5-3-10)12(18)16-8-9-17-13(19)14(15)6-7-14;/h2-5H,6-9,15H2,1H3,(H,16,18)(H,17,19);1H. The van der Waals surface area contributed by atoms with Crippen LogP contribution in [0.1, 0.15) is 28.8 Å². The minimum absolute atomic E-state index is 0. The van der Waals surface area contributed by atoms with E-state index in [1.807, 2.05) is 19.1 Å². The highest BCUT2D eigenvalue weighted by Gasteiger charge is 2.45. The molecule has 20 heavy (non-hydrogen) atoms. The number of carbonyl (C=O) groups is 2. The van der Waals surface area contributed by atoms with Gasteiger partial charge in [-0.05, 0) is 31.9 Å². The highest BCUT2D eigenvalue weighted by atomic mass is 35.5. The zero-order valence-corrected chi connectivity index (χ0v) is 12.3. The molecule has 2 rings (SSSR count). The maximum Gasteiger partial charge on any atom is 0.251 e. The maximum atomic E-state index is 11.8. The van der Waals surface area contributed by atoms with Crippen LogP contribution in [0.15, 0.2) is 24.3 Å². The molecular weight excluding hydrogens is 278 g/mol. The Balaban J connectivity index is 0.00000200. The molecule has 0 unspecified atom stereocenters. The number of amides is 2. The molecule has 1 aliphatic carbocycles. The second-order valence-corrected chi connectivity index (χ2v) is 5.03. The predicted octanol–water partition coefficient (Wildman–Crippen LogP) is 0.754. The lowest BCUT2D eigenvalue weighted by Crippen LogP contribution is -2.45. The Labute approximate surface area is 124 Å². The average molecular weight is 298 g/mol. The van der Waals surface area contributed by atoms with Gasteiger partial charge in [0, 0.05) is 18.7 Å². The minimum atomic E-state index is -0.652. The van der Waals surface area contributed by atoms with Crippen LogP contribution < -0.4 is 16.4 Å². The summed E-state index contributed by atoms with van der Waals surface area (Å²) in [6, 6.07) is 7.34. The van der Waals surface area contributed by atoms with E-state index in [1.165, 1.54) is 0 Å². The Morgan fingerprint density at radius 2 is 1.70 bits per heavy atom. The first-order chi connectivity index (χ1) is 9.01. The molecule has 0 heterocycles. The van der Waals surface area contributed by atoms with Gasteiger partial charge in [0.25, 0.3) is 5.91 Å². The van der Waals surface area contributed by atoms with Gasteiger partial charge in [-0.1, -0.05) is 17.7 Å². The second kappa shape index (κ2) is 6.72. The lowest BCUT2D eigenvalue weighted by atomic mass is 10.1. The molecule has 110 valence electrons. The summed E-state index contributed by atoms with van der Waals surface area (Å²) in [4.78, 5) is 23.3. The summed E-state index contributed by atoms with van der Waals surface area (Å²) in [5.74, 6) is -0.264. The number of hydrogen-bond acceptors (Lipinski definition) is 3. The Bertz CT molecular complexity index is 484. The van der Waals surface area contributed by atoms with E-state index in [1.54, 1.807) is 12.1 Å². The summed E-state index contributed by atoms with van der Waals surface area (Å²) in [5.41, 5.74) is 6.82. The van der Waals surface area contributed by atoms with Gasteiger partial charge in [0.2, 0.25) is 5.91 Å². The zero-order chi connectivity index (χ0) is 13.9. The molecule has 1 saturated carbocycles. The first kappa shape index (κ1) is 16.5. The first-order valence-electron chi connectivity index (χ1n) is 6.43. The normalized spacial score (nSPS) is 14.9. The number of nitrogens with one attached hydrogen (secondary N) is 2. The molecule has 2 amide bonds. The van der Waals surface area contributed by atoms with Gasteiger partial charge in [0.05, 0.1) is 5.54 Å². The lowest BCUT2D eigenvalue weighted by Gasteiger charge is -2.10. The van der Waals surface area contributed by atoms with E-state index >= 15 is 0 Å². The van der Waals surface area contributed by atoms with Crippen molar-refractivity contribution < 1.29 is 9.59 Å². The minimum Gasteiger partial charge on any atom is -0.353 e. The van der Waals surface area contributed by atoms with Crippen molar-refractivity contribution in [2.24, 2.45) is 5.73 Å². The third-order valence-electron chi connectivity index (χ3n) is 3.25. The van der Waals surface area contributed by atoms with Crippen LogP contribution in [0.4, 0.5) is 0 Å². The number of nitrogens with two attached hydrogens (primary N) is 1. The van der Waals surface area contributed by atoms with Crippen molar-refractivity contribution in [3.63, 3.8) is 0 Å². The molecule has 1 aromatic rings. The zero-order valence-electron chi connectivity index (χ0n) is 11.4. The van der Waals surface area contributed by atoms with E-state index in [-0.39, 0.29) is 24.2 Å². The van der Waals surface area contributed by atoms with Crippen molar-refractivity contribution in [2.75, 3.05) is 13.1 Å². The van der Waals surface area contributed by atoms with Crippen LogP contribution >= 0.6 is 12.4 Å².